The number of benzene rings is 1. The van der Waals surface area contributed by atoms with Crippen molar-refractivity contribution in [2.24, 2.45) is 0 Å². The zero-order chi connectivity index (χ0) is 16.2. The van der Waals surface area contributed by atoms with Gasteiger partial charge in [0.1, 0.15) is 5.82 Å². The van der Waals surface area contributed by atoms with Gasteiger partial charge in [-0.2, -0.15) is 0 Å². The smallest absolute Gasteiger partial charge is 0.221 e. The molecule has 0 radical (unpaired) electrons. The van der Waals surface area contributed by atoms with E-state index in [2.05, 4.69) is 10.6 Å². The number of sulfone groups is 1. The van der Waals surface area contributed by atoms with Crippen LogP contribution in [0.3, 0.4) is 0 Å². The fourth-order valence-corrected chi connectivity index (χ4v) is 3.84. The van der Waals surface area contributed by atoms with Gasteiger partial charge < -0.3 is 10.6 Å². The molecule has 1 aliphatic heterocycles. The summed E-state index contributed by atoms with van der Waals surface area (Å²) in [6.07, 6.45) is 1.79. The summed E-state index contributed by atoms with van der Waals surface area (Å²) in [7, 11) is -3.63. The van der Waals surface area contributed by atoms with Crippen LogP contribution in [0.2, 0.25) is 0 Å². The van der Waals surface area contributed by atoms with Gasteiger partial charge in [0.2, 0.25) is 5.91 Å². The third-order valence-corrected chi connectivity index (χ3v) is 5.96. The monoisotopic (exact) mass is 328 g/mol. The molecule has 1 amide bonds. The average Bonchev–Trinajstić information content (AvgIpc) is 2.48. The fourth-order valence-electron chi connectivity index (χ4n) is 2.49. The topological polar surface area (TPSA) is 75.3 Å². The molecule has 1 heterocycles. The van der Waals surface area contributed by atoms with Crippen LogP contribution in [0.15, 0.2) is 29.2 Å². The largest absolute Gasteiger partial charge is 0.352 e. The van der Waals surface area contributed by atoms with Gasteiger partial charge in [0, 0.05) is 19.0 Å². The molecule has 7 heteroatoms. The van der Waals surface area contributed by atoms with Crippen LogP contribution in [0, 0.1) is 5.82 Å². The highest BCUT2D eigenvalue weighted by atomic mass is 32.2. The summed E-state index contributed by atoms with van der Waals surface area (Å²) in [5, 5.41) is 5.19. The average molecular weight is 328 g/mol. The van der Waals surface area contributed by atoms with Crippen LogP contribution in [0.1, 0.15) is 26.2 Å². The van der Waals surface area contributed by atoms with Crippen LogP contribution in [-0.4, -0.2) is 38.7 Å². The molecule has 2 N–H and O–H groups in total. The number of carbonyl (C=O) groups is 1. The van der Waals surface area contributed by atoms with Crippen molar-refractivity contribution in [2.45, 2.75) is 42.4 Å². The van der Waals surface area contributed by atoms with Gasteiger partial charge in [-0.15, -0.1) is 0 Å². The number of piperidine rings is 1. The maximum atomic E-state index is 12.9. The second-order valence-corrected chi connectivity index (χ2v) is 7.99. The van der Waals surface area contributed by atoms with Crippen molar-refractivity contribution in [1.29, 1.82) is 0 Å². The lowest BCUT2D eigenvalue weighted by molar-refractivity contribution is -0.121. The van der Waals surface area contributed by atoms with Gasteiger partial charge in [0.15, 0.2) is 9.84 Å². The van der Waals surface area contributed by atoms with E-state index in [0.717, 1.165) is 31.5 Å². The Hall–Kier alpha value is -1.47. The quantitative estimate of drug-likeness (QED) is 0.798. The molecule has 0 saturated carbocycles. The SMILES string of the molecule is CC(CC(=O)N[C@H]1CCCNC1)S(=O)(=O)c1ccc(F)cc1. The van der Waals surface area contributed by atoms with Crippen LogP contribution in [0.4, 0.5) is 4.39 Å². The summed E-state index contributed by atoms with van der Waals surface area (Å²) in [5.74, 6) is -0.763. The third-order valence-electron chi connectivity index (χ3n) is 3.81. The van der Waals surface area contributed by atoms with Crippen molar-refractivity contribution < 1.29 is 17.6 Å². The van der Waals surface area contributed by atoms with E-state index in [0.29, 0.717) is 6.54 Å². The molecule has 1 aliphatic rings. The second-order valence-electron chi connectivity index (χ2n) is 5.62. The molecule has 5 nitrogen and oxygen atoms in total. The lowest BCUT2D eigenvalue weighted by Gasteiger charge is -2.24. The summed E-state index contributed by atoms with van der Waals surface area (Å²) >= 11 is 0. The Bertz CT molecular complexity index is 610. The van der Waals surface area contributed by atoms with Crippen molar-refractivity contribution >= 4 is 15.7 Å². The number of nitrogens with one attached hydrogen (secondary N) is 2. The van der Waals surface area contributed by atoms with Gasteiger partial charge in [0.25, 0.3) is 0 Å². The van der Waals surface area contributed by atoms with Gasteiger partial charge in [-0.3, -0.25) is 4.79 Å². The Labute approximate surface area is 130 Å². The minimum absolute atomic E-state index is 0.0357. The first-order valence-electron chi connectivity index (χ1n) is 7.39. The molecule has 0 spiro atoms. The predicted molar refractivity (Wildman–Crippen MR) is 81.7 cm³/mol. The summed E-state index contributed by atoms with van der Waals surface area (Å²) in [6, 6.07) is 4.72. The number of amides is 1. The number of rotatable bonds is 5. The molecule has 22 heavy (non-hydrogen) atoms. The molecule has 0 aliphatic carbocycles. The molecule has 1 fully saturated rings. The first kappa shape index (κ1) is 16.9. The Balaban J connectivity index is 1.96. The van der Waals surface area contributed by atoms with Gasteiger partial charge in [-0.1, -0.05) is 0 Å². The second kappa shape index (κ2) is 7.19. The zero-order valence-corrected chi connectivity index (χ0v) is 13.3. The van der Waals surface area contributed by atoms with Crippen LogP contribution in [0.25, 0.3) is 0 Å². The maximum Gasteiger partial charge on any atom is 0.221 e. The molecule has 1 aromatic rings. The van der Waals surface area contributed by atoms with Crippen LogP contribution >= 0.6 is 0 Å². The number of carbonyl (C=O) groups excluding carboxylic acids is 1. The van der Waals surface area contributed by atoms with E-state index in [9.17, 15) is 17.6 Å². The highest BCUT2D eigenvalue weighted by molar-refractivity contribution is 7.92. The number of hydrogen-bond acceptors (Lipinski definition) is 4. The van der Waals surface area contributed by atoms with Gasteiger partial charge >= 0.3 is 0 Å². The maximum absolute atomic E-state index is 12.9. The molecule has 1 unspecified atom stereocenters. The van der Waals surface area contributed by atoms with Gasteiger partial charge in [0.05, 0.1) is 10.1 Å². The lowest BCUT2D eigenvalue weighted by atomic mass is 10.1. The van der Waals surface area contributed by atoms with E-state index >= 15 is 0 Å². The molecular formula is C15H21FN2O3S. The van der Waals surface area contributed by atoms with E-state index < -0.39 is 20.9 Å². The Morgan fingerprint density at radius 1 is 1.41 bits per heavy atom. The van der Waals surface area contributed by atoms with Crippen LogP contribution in [0.5, 0.6) is 0 Å². The van der Waals surface area contributed by atoms with Crippen molar-refractivity contribution in [2.75, 3.05) is 13.1 Å². The van der Waals surface area contributed by atoms with Crippen molar-refractivity contribution in [3.8, 4) is 0 Å². The van der Waals surface area contributed by atoms with Crippen LogP contribution < -0.4 is 10.6 Å². The van der Waals surface area contributed by atoms with Crippen molar-refractivity contribution in [3.63, 3.8) is 0 Å². The third kappa shape index (κ3) is 4.27. The molecule has 1 aromatic carbocycles. The molecule has 1 saturated heterocycles. The molecule has 122 valence electrons. The minimum Gasteiger partial charge on any atom is -0.352 e. The summed E-state index contributed by atoms with van der Waals surface area (Å²) in [6.45, 7) is 3.16. The fraction of sp³-hybridized carbons (Fsp3) is 0.533. The van der Waals surface area contributed by atoms with E-state index in [1.807, 2.05) is 0 Å². The predicted octanol–water partition coefficient (Wildman–Crippen LogP) is 1.25. The molecule has 0 bridgehead atoms. The Morgan fingerprint density at radius 3 is 2.68 bits per heavy atom. The standard InChI is InChI=1S/C15H21FN2O3S/c1-11(9-15(19)18-13-3-2-8-17-10-13)22(20,21)14-6-4-12(16)5-7-14/h4-7,11,13,17H,2-3,8-10H2,1H3,(H,18,19)/t11?,13-/m0/s1. The molecule has 0 aromatic heterocycles. The number of hydrogen-bond donors (Lipinski definition) is 2. The number of halogens is 1. The molecule has 2 rings (SSSR count). The highest BCUT2D eigenvalue weighted by Gasteiger charge is 2.26. The van der Waals surface area contributed by atoms with Gasteiger partial charge in [-0.05, 0) is 50.6 Å². The van der Waals surface area contributed by atoms with Gasteiger partial charge in [-0.25, -0.2) is 12.8 Å². The van der Waals surface area contributed by atoms with E-state index in [1.54, 1.807) is 0 Å². The summed E-state index contributed by atoms with van der Waals surface area (Å²) < 4.78 is 37.6. The minimum atomic E-state index is -3.63. The zero-order valence-electron chi connectivity index (χ0n) is 12.5. The summed E-state index contributed by atoms with van der Waals surface area (Å²) in [5.41, 5.74) is 0. The van der Waals surface area contributed by atoms with Crippen molar-refractivity contribution in [1.82, 2.24) is 10.6 Å². The Kier molecular flexibility index (Phi) is 5.52. The highest BCUT2D eigenvalue weighted by Crippen LogP contribution is 2.18. The van der Waals surface area contributed by atoms with Crippen molar-refractivity contribution in [3.05, 3.63) is 30.1 Å². The Morgan fingerprint density at radius 2 is 2.09 bits per heavy atom. The van der Waals surface area contributed by atoms with E-state index in [-0.39, 0.29) is 23.3 Å². The van der Waals surface area contributed by atoms with E-state index in [1.165, 1.54) is 19.1 Å². The molecule has 2 atom stereocenters. The lowest BCUT2D eigenvalue weighted by Crippen LogP contribution is -2.46. The first-order valence-corrected chi connectivity index (χ1v) is 8.94. The van der Waals surface area contributed by atoms with E-state index in [4.69, 9.17) is 0 Å². The molecular weight excluding hydrogens is 307 g/mol. The first-order chi connectivity index (χ1) is 10.4. The summed E-state index contributed by atoms with van der Waals surface area (Å²) in [4.78, 5) is 12.0. The normalized spacial score (nSPS) is 20.4. The van der Waals surface area contributed by atoms with Crippen LogP contribution in [-0.2, 0) is 14.6 Å².